The van der Waals surface area contributed by atoms with Crippen molar-refractivity contribution in [2.45, 2.75) is 38.3 Å². The number of ether oxygens (including phenoxy) is 2. The summed E-state index contributed by atoms with van der Waals surface area (Å²) in [5, 5.41) is 10.1. The van der Waals surface area contributed by atoms with Gasteiger partial charge in [-0.15, -0.1) is 0 Å². The van der Waals surface area contributed by atoms with Gasteiger partial charge in [0.05, 0.1) is 26.3 Å². The minimum atomic E-state index is -1.13. The topological polar surface area (TPSA) is 71.9 Å². The summed E-state index contributed by atoms with van der Waals surface area (Å²) in [5.74, 6) is 7.57. The zero-order valence-corrected chi connectivity index (χ0v) is 22.0. The first-order valence-electron chi connectivity index (χ1n) is 13.1. The molecule has 1 fully saturated rings. The van der Waals surface area contributed by atoms with Crippen LogP contribution in [0.5, 0.6) is 11.5 Å². The van der Waals surface area contributed by atoms with E-state index >= 15 is 4.39 Å². The molecule has 4 rings (SSSR count). The summed E-state index contributed by atoms with van der Waals surface area (Å²) in [4.78, 5) is 18.0. The van der Waals surface area contributed by atoms with Crippen LogP contribution in [0.25, 0.3) is 10.9 Å². The van der Waals surface area contributed by atoms with Crippen molar-refractivity contribution in [3.05, 3.63) is 65.9 Å². The van der Waals surface area contributed by atoms with Crippen LogP contribution in [0.2, 0.25) is 0 Å². The number of carboxylic acid groups (broad SMARTS) is 1. The largest absolute Gasteiger partial charge is 0.497 e. The number of fused-ring (bicyclic) bond motifs is 1. The summed E-state index contributed by atoms with van der Waals surface area (Å²) in [6.07, 6.45) is 3.24. The minimum Gasteiger partial charge on any atom is -0.497 e. The number of rotatable bonds is 10. The van der Waals surface area contributed by atoms with Crippen LogP contribution in [0.4, 0.5) is 4.39 Å². The summed E-state index contributed by atoms with van der Waals surface area (Å²) in [7, 11) is 3.23. The van der Waals surface area contributed by atoms with Crippen molar-refractivity contribution in [3.8, 4) is 23.3 Å². The molecule has 0 saturated carbocycles. The maximum atomic E-state index is 15.6. The fourth-order valence-electron chi connectivity index (χ4n) is 5.33. The van der Waals surface area contributed by atoms with Crippen LogP contribution in [0.15, 0.2) is 54.7 Å². The number of halogens is 1. The van der Waals surface area contributed by atoms with Crippen LogP contribution < -0.4 is 9.47 Å². The molecule has 0 unspecified atom stereocenters. The molecule has 3 aromatic rings. The third-order valence-corrected chi connectivity index (χ3v) is 7.42. The van der Waals surface area contributed by atoms with Crippen LogP contribution in [-0.2, 0) is 4.79 Å². The molecule has 0 radical (unpaired) electrons. The first kappa shape index (κ1) is 27.4. The van der Waals surface area contributed by atoms with Crippen molar-refractivity contribution in [1.29, 1.82) is 0 Å². The highest BCUT2D eigenvalue weighted by atomic mass is 19.1. The highest BCUT2D eigenvalue weighted by molar-refractivity contribution is 5.83. The summed E-state index contributed by atoms with van der Waals surface area (Å²) in [6, 6.07) is 14.9. The van der Waals surface area contributed by atoms with E-state index in [-0.39, 0.29) is 18.3 Å². The number of pyridine rings is 1. The molecule has 1 aromatic heterocycles. The Morgan fingerprint density at radius 3 is 2.74 bits per heavy atom. The normalized spacial score (nSPS) is 18.4. The van der Waals surface area contributed by atoms with Crippen molar-refractivity contribution in [2.24, 2.45) is 11.8 Å². The van der Waals surface area contributed by atoms with Gasteiger partial charge in [-0.1, -0.05) is 17.9 Å². The molecule has 0 amide bonds. The van der Waals surface area contributed by atoms with E-state index in [9.17, 15) is 9.90 Å². The molecule has 0 bridgehead atoms. The van der Waals surface area contributed by atoms with Gasteiger partial charge < -0.3 is 14.6 Å². The third-order valence-electron chi connectivity index (χ3n) is 7.42. The van der Waals surface area contributed by atoms with Crippen LogP contribution in [-0.4, -0.2) is 54.8 Å². The molecule has 1 saturated heterocycles. The highest BCUT2D eigenvalue weighted by Gasteiger charge is 2.30. The Balaban J connectivity index is 1.39. The first-order valence-corrected chi connectivity index (χ1v) is 13.1. The maximum absolute atomic E-state index is 15.6. The van der Waals surface area contributed by atoms with Crippen molar-refractivity contribution < 1.29 is 23.8 Å². The number of likely N-dealkylation sites (tertiary alicyclic amines) is 1. The van der Waals surface area contributed by atoms with E-state index in [1.807, 2.05) is 42.5 Å². The Kier molecular flexibility index (Phi) is 9.56. The maximum Gasteiger partial charge on any atom is 0.303 e. The molecular formula is C31H35FN2O4. The minimum absolute atomic E-state index is 0.123. The van der Waals surface area contributed by atoms with Gasteiger partial charge in [0.15, 0.2) is 0 Å². The molecule has 0 aliphatic carbocycles. The molecule has 7 heteroatoms. The van der Waals surface area contributed by atoms with Crippen LogP contribution in [0.3, 0.4) is 0 Å². The molecule has 1 aliphatic heterocycles. The Morgan fingerprint density at radius 1 is 1.13 bits per heavy atom. The number of hydrogen-bond acceptors (Lipinski definition) is 5. The number of methoxy groups -OCH3 is 2. The van der Waals surface area contributed by atoms with E-state index in [4.69, 9.17) is 9.47 Å². The van der Waals surface area contributed by atoms with Crippen molar-refractivity contribution >= 4 is 16.9 Å². The Hall–Kier alpha value is -3.63. The van der Waals surface area contributed by atoms with E-state index < -0.39 is 12.1 Å². The Labute approximate surface area is 223 Å². The number of carbonyl (C=O) groups is 1. The zero-order valence-electron chi connectivity index (χ0n) is 22.0. The second kappa shape index (κ2) is 13.3. The number of aromatic nitrogens is 1. The van der Waals surface area contributed by atoms with Gasteiger partial charge in [-0.25, -0.2) is 4.39 Å². The predicted molar refractivity (Wildman–Crippen MR) is 146 cm³/mol. The predicted octanol–water partition coefficient (Wildman–Crippen LogP) is 5.90. The second-order valence-corrected chi connectivity index (χ2v) is 9.84. The molecule has 2 aromatic carbocycles. The van der Waals surface area contributed by atoms with Gasteiger partial charge in [0, 0.05) is 30.1 Å². The number of piperidine rings is 1. The lowest BCUT2D eigenvalue weighted by Gasteiger charge is -2.38. The average Bonchev–Trinajstić information content (AvgIpc) is 2.94. The van der Waals surface area contributed by atoms with Gasteiger partial charge in [-0.3, -0.25) is 14.7 Å². The van der Waals surface area contributed by atoms with Gasteiger partial charge in [0.1, 0.15) is 17.7 Å². The second-order valence-electron chi connectivity index (χ2n) is 9.84. The number of nitrogens with zero attached hydrogens (tertiary/aromatic N) is 2. The molecule has 6 nitrogen and oxygen atoms in total. The average molecular weight is 519 g/mol. The third kappa shape index (κ3) is 7.23. The summed E-state index contributed by atoms with van der Waals surface area (Å²) in [5.41, 5.74) is 2.27. The number of benzene rings is 2. The SMILES string of the molecule is COc1cccc(C#CCN2CC[C@@H](CC[C@@H](F)c3ccnc4ccc(OC)cc34)[C@H](CCC(=O)O)C2)c1. The van der Waals surface area contributed by atoms with Gasteiger partial charge in [0.25, 0.3) is 0 Å². The van der Waals surface area contributed by atoms with Gasteiger partial charge in [-0.2, -0.15) is 0 Å². The number of alkyl halides is 1. The Bertz CT molecular complexity index is 1300. The van der Waals surface area contributed by atoms with E-state index in [1.54, 1.807) is 26.5 Å². The van der Waals surface area contributed by atoms with E-state index in [1.165, 1.54) is 0 Å². The molecule has 0 spiro atoms. The molecule has 3 atom stereocenters. The lowest BCUT2D eigenvalue weighted by molar-refractivity contribution is -0.137. The number of hydrogen-bond donors (Lipinski definition) is 1. The van der Waals surface area contributed by atoms with Gasteiger partial charge in [0.2, 0.25) is 0 Å². The number of carboxylic acids is 1. The van der Waals surface area contributed by atoms with Crippen molar-refractivity contribution in [2.75, 3.05) is 33.9 Å². The quantitative estimate of drug-likeness (QED) is 0.337. The molecule has 38 heavy (non-hydrogen) atoms. The molecule has 1 aliphatic rings. The monoisotopic (exact) mass is 518 g/mol. The number of aliphatic carboxylic acids is 1. The van der Waals surface area contributed by atoms with E-state index in [2.05, 4.69) is 21.7 Å². The van der Waals surface area contributed by atoms with Crippen molar-refractivity contribution in [1.82, 2.24) is 9.88 Å². The first-order chi connectivity index (χ1) is 18.5. The smallest absolute Gasteiger partial charge is 0.303 e. The van der Waals surface area contributed by atoms with E-state index in [0.29, 0.717) is 37.1 Å². The summed E-state index contributed by atoms with van der Waals surface area (Å²) >= 11 is 0. The van der Waals surface area contributed by atoms with Crippen molar-refractivity contribution in [3.63, 3.8) is 0 Å². The Morgan fingerprint density at radius 2 is 1.95 bits per heavy atom. The van der Waals surface area contributed by atoms with Crippen LogP contribution >= 0.6 is 0 Å². The standard InChI is InChI=1S/C31H35FN2O4/c1-37-25-7-3-5-22(19-25)6-4-17-34-18-15-23(24(21-34)9-13-31(35)36)8-11-29(32)27-14-16-33-30-12-10-26(38-2)20-28(27)30/h3,5,7,10,12,14,16,19-20,23-24,29H,8-9,11,13,15,17-18,21H2,1-2H3,(H,35,36)/t23-,24-,29-/m1/s1. The van der Waals surface area contributed by atoms with Crippen LogP contribution in [0, 0.1) is 23.7 Å². The van der Waals surface area contributed by atoms with Gasteiger partial charge >= 0.3 is 5.97 Å². The van der Waals surface area contributed by atoms with Gasteiger partial charge in [-0.05, 0) is 92.1 Å². The lowest BCUT2D eigenvalue weighted by Crippen LogP contribution is -2.41. The summed E-state index contributed by atoms with van der Waals surface area (Å²) < 4.78 is 26.1. The fourth-order valence-corrected chi connectivity index (χ4v) is 5.33. The zero-order chi connectivity index (χ0) is 26.9. The fraction of sp³-hybridized carbons (Fsp3) is 0.419. The lowest BCUT2D eigenvalue weighted by atomic mass is 9.79. The highest BCUT2D eigenvalue weighted by Crippen LogP contribution is 2.36. The molecule has 200 valence electrons. The molecule has 1 N–H and O–H groups in total. The molecular weight excluding hydrogens is 483 g/mol. The van der Waals surface area contributed by atoms with Crippen LogP contribution in [0.1, 0.15) is 49.4 Å². The van der Waals surface area contributed by atoms with E-state index in [0.717, 1.165) is 41.7 Å². The molecule has 2 heterocycles. The summed E-state index contributed by atoms with van der Waals surface area (Å²) in [6.45, 7) is 2.26.